The van der Waals surface area contributed by atoms with Gasteiger partial charge in [0.1, 0.15) is 5.76 Å². The zero-order chi connectivity index (χ0) is 6.57. The Kier molecular flexibility index (Phi) is 2.96. The van der Waals surface area contributed by atoms with E-state index in [-0.39, 0.29) is 10.9 Å². The summed E-state index contributed by atoms with van der Waals surface area (Å²) in [6.07, 6.45) is 1.23. The van der Waals surface area contributed by atoms with Gasteiger partial charge >= 0.3 is 0 Å². The van der Waals surface area contributed by atoms with E-state index in [2.05, 4.69) is 18.2 Å². The summed E-state index contributed by atoms with van der Waals surface area (Å²) in [5, 5.41) is 8.42. The van der Waals surface area contributed by atoms with Gasteiger partial charge in [-0.1, -0.05) is 24.8 Å². The molecule has 0 rings (SSSR count). The Bertz CT molecular complexity index is 139. The minimum Gasteiger partial charge on any atom is -0.505 e. The van der Waals surface area contributed by atoms with Gasteiger partial charge < -0.3 is 5.11 Å². The Morgan fingerprint density at radius 2 is 2.25 bits per heavy atom. The highest BCUT2D eigenvalue weighted by Crippen LogP contribution is 1.94. The lowest BCUT2D eigenvalue weighted by molar-refractivity contribution is 0.448. The molecule has 0 aromatic heterocycles. The molecule has 1 N–H and O–H groups in total. The predicted molar refractivity (Wildman–Crippen MR) is 35.3 cm³/mol. The SMILES string of the molecule is C=CN=C(Cl)C(=C)O. The van der Waals surface area contributed by atoms with Gasteiger partial charge in [0.2, 0.25) is 0 Å². The van der Waals surface area contributed by atoms with Gasteiger partial charge in [-0.05, 0) is 0 Å². The van der Waals surface area contributed by atoms with Gasteiger partial charge in [0.05, 0.1) is 0 Å². The standard InChI is InChI=1S/C5H6ClNO/c1-3-7-5(6)4(2)8/h3,8H,1-2H2. The first kappa shape index (κ1) is 7.24. The molecule has 2 nitrogen and oxygen atoms in total. The van der Waals surface area contributed by atoms with Crippen LogP contribution in [0.4, 0.5) is 0 Å². The molecule has 0 saturated carbocycles. The first-order valence-corrected chi connectivity index (χ1v) is 2.28. The zero-order valence-corrected chi connectivity index (χ0v) is 5.02. The Morgan fingerprint density at radius 1 is 1.75 bits per heavy atom. The molecule has 3 heteroatoms. The largest absolute Gasteiger partial charge is 0.505 e. The quantitative estimate of drug-likeness (QED) is 0.450. The van der Waals surface area contributed by atoms with Crippen LogP contribution in [0.5, 0.6) is 0 Å². The zero-order valence-electron chi connectivity index (χ0n) is 4.26. The van der Waals surface area contributed by atoms with Gasteiger partial charge in [-0.2, -0.15) is 0 Å². The summed E-state index contributed by atoms with van der Waals surface area (Å²) in [4.78, 5) is 3.42. The first-order valence-electron chi connectivity index (χ1n) is 1.91. The fraction of sp³-hybridized carbons (Fsp3) is 0. The number of aliphatic imine (C=N–C) groups is 1. The molecule has 0 bridgehead atoms. The highest BCUT2D eigenvalue weighted by molar-refractivity contribution is 6.69. The van der Waals surface area contributed by atoms with Gasteiger partial charge in [-0.15, -0.1) is 0 Å². The summed E-state index contributed by atoms with van der Waals surface area (Å²) in [6, 6.07) is 0. The third-order valence-electron chi connectivity index (χ3n) is 0.443. The van der Waals surface area contributed by atoms with Crippen LogP contribution in [-0.2, 0) is 0 Å². The molecule has 44 valence electrons. The van der Waals surface area contributed by atoms with Crippen LogP contribution >= 0.6 is 11.6 Å². The van der Waals surface area contributed by atoms with E-state index in [0.717, 1.165) is 0 Å². The van der Waals surface area contributed by atoms with E-state index in [9.17, 15) is 0 Å². The van der Waals surface area contributed by atoms with Crippen molar-refractivity contribution in [2.75, 3.05) is 0 Å². The lowest BCUT2D eigenvalue weighted by Crippen LogP contribution is -1.87. The van der Waals surface area contributed by atoms with Crippen molar-refractivity contribution in [3.63, 3.8) is 0 Å². The Labute approximate surface area is 52.8 Å². The fourth-order valence-electron chi connectivity index (χ4n) is 0.155. The highest BCUT2D eigenvalue weighted by atomic mass is 35.5. The van der Waals surface area contributed by atoms with Crippen LogP contribution in [0.1, 0.15) is 0 Å². The summed E-state index contributed by atoms with van der Waals surface area (Å²) in [5.41, 5.74) is 0. The average molecular weight is 132 g/mol. The summed E-state index contributed by atoms with van der Waals surface area (Å²) in [7, 11) is 0. The van der Waals surface area contributed by atoms with Crippen molar-refractivity contribution >= 4 is 16.8 Å². The van der Waals surface area contributed by atoms with Crippen LogP contribution in [-0.4, -0.2) is 10.3 Å². The van der Waals surface area contributed by atoms with E-state index in [1.165, 1.54) is 6.20 Å². The molecule has 0 aliphatic heterocycles. The summed E-state index contributed by atoms with van der Waals surface area (Å²) in [5.74, 6) is -0.244. The minimum atomic E-state index is -0.244. The van der Waals surface area contributed by atoms with Gasteiger partial charge in [0, 0.05) is 6.20 Å². The summed E-state index contributed by atoms with van der Waals surface area (Å²) in [6.45, 7) is 6.38. The van der Waals surface area contributed by atoms with Crippen molar-refractivity contribution in [3.05, 3.63) is 25.1 Å². The maximum atomic E-state index is 8.45. The number of rotatable bonds is 2. The van der Waals surface area contributed by atoms with Gasteiger partial charge in [0.25, 0.3) is 0 Å². The van der Waals surface area contributed by atoms with Gasteiger partial charge in [-0.25, -0.2) is 4.99 Å². The monoisotopic (exact) mass is 131 g/mol. The smallest absolute Gasteiger partial charge is 0.170 e. The van der Waals surface area contributed by atoms with Crippen LogP contribution in [0.2, 0.25) is 0 Å². The third kappa shape index (κ3) is 2.42. The van der Waals surface area contributed by atoms with Crippen LogP contribution < -0.4 is 0 Å². The second-order valence-corrected chi connectivity index (χ2v) is 1.41. The van der Waals surface area contributed by atoms with Crippen LogP contribution in [0.15, 0.2) is 30.1 Å². The number of aliphatic hydroxyl groups excluding tert-OH is 1. The maximum absolute atomic E-state index is 8.45. The number of hydrogen-bond donors (Lipinski definition) is 1. The van der Waals surface area contributed by atoms with E-state index in [0.29, 0.717) is 0 Å². The molecule has 0 aromatic rings. The minimum absolute atomic E-state index is 0.0278. The molecular formula is C5H6ClNO. The molecule has 8 heavy (non-hydrogen) atoms. The summed E-state index contributed by atoms with van der Waals surface area (Å²) < 4.78 is 0. The van der Waals surface area contributed by atoms with Crippen molar-refractivity contribution in [1.29, 1.82) is 0 Å². The molecule has 0 fully saturated rings. The lowest BCUT2D eigenvalue weighted by Gasteiger charge is -1.87. The normalized spacial score (nSPS) is 10.9. The van der Waals surface area contributed by atoms with Crippen molar-refractivity contribution in [1.82, 2.24) is 0 Å². The van der Waals surface area contributed by atoms with E-state index < -0.39 is 0 Å². The van der Waals surface area contributed by atoms with Crippen LogP contribution in [0, 0.1) is 0 Å². The number of nitrogens with zero attached hydrogens (tertiary/aromatic N) is 1. The van der Waals surface area contributed by atoms with E-state index >= 15 is 0 Å². The van der Waals surface area contributed by atoms with Crippen molar-refractivity contribution < 1.29 is 5.11 Å². The Hall–Kier alpha value is -0.760. The molecular weight excluding hydrogens is 126 g/mol. The third-order valence-corrected chi connectivity index (χ3v) is 0.758. The van der Waals surface area contributed by atoms with E-state index in [4.69, 9.17) is 16.7 Å². The molecule has 0 aromatic carbocycles. The topological polar surface area (TPSA) is 32.6 Å². The number of hydrogen-bond acceptors (Lipinski definition) is 2. The van der Waals surface area contributed by atoms with E-state index in [1.807, 2.05) is 0 Å². The summed E-state index contributed by atoms with van der Waals surface area (Å²) >= 11 is 5.25. The van der Waals surface area contributed by atoms with Crippen molar-refractivity contribution in [3.8, 4) is 0 Å². The lowest BCUT2D eigenvalue weighted by atomic mass is 10.6. The molecule has 0 saturated heterocycles. The number of aliphatic hydroxyl groups is 1. The second-order valence-electron chi connectivity index (χ2n) is 1.05. The van der Waals surface area contributed by atoms with Crippen LogP contribution in [0.25, 0.3) is 0 Å². The Balaban J connectivity index is 3.99. The molecule has 0 radical (unpaired) electrons. The van der Waals surface area contributed by atoms with E-state index in [1.54, 1.807) is 0 Å². The maximum Gasteiger partial charge on any atom is 0.170 e. The molecule has 0 amide bonds. The first-order chi connectivity index (χ1) is 3.68. The molecule has 0 unspecified atom stereocenters. The second kappa shape index (κ2) is 3.27. The van der Waals surface area contributed by atoms with Crippen molar-refractivity contribution in [2.45, 2.75) is 0 Å². The molecule has 0 atom stereocenters. The number of allylic oxidation sites excluding steroid dienone is 1. The van der Waals surface area contributed by atoms with Gasteiger partial charge in [-0.3, -0.25) is 0 Å². The molecule has 0 aliphatic rings. The van der Waals surface area contributed by atoms with Crippen molar-refractivity contribution in [2.24, 2.45) is 4.99 Å². The Morgan fingerprint density at radius 3 is 2.38 bits per heavy atom. The van der Waals surface area contributed by atoms with Gasteiger partial charge in [0.15, 0.2) is 5.17 Å². The predicted octanol–water partition coefficient (Wildman–Crippen LogP) is 1.84. The highest BCUT2D eigenvalue weighted by Gasteiger charge is 1.91. The van der Waals surface area contributed by atoms with Crippen LogP contribution in [0.3, 0.4) is 0 Å². The number of halogens is 1. The molecule has 0 spiro atoms. The fourth-order valence-corrected chi connectivity index (χ4v) is 0.224. The molecule has 0 heterocycles. The molecule has 0 aliphatic carbocycles. The average Bonchev–Trinajstić information content (AvgIpc) is 1.67.